The molecule has 0 bridgehead atoms. The van der Waals surface area contributed by atoms with Gasteiger partial charge in [0.1, 0.15) is 11.6 Å². The van der Waals surface area contributed by atoms with Crippen LogP contribution >= 0.6 is 0 Å². The van der Waals surface area contributed by atoms with E-state index in [2.05, 4.69) is 94.9 Å². The lowest BCUT2D eigenvalue weighted by Gasteiger charge is -2.43. The Labute approximate surface area is 363 Å². The highest BCUT2D eigenvalue weighted by atomic mass is 28.3. The summed E-state index contributed by atoms with van der Waals surface area (Å²) in [5, 5.41) is 9.91. The first-order valence-electron chi connectivity index (χ1n) is 22.3. The monoisotopic (exact) mass is 851 g/mol. The van der Waals surface area contributed by atoms with Gasteiger partial charge in [-0.05, 0) is 95.0 Å². The minimum Gasteiger partial charge on any atom is -0.444 e. The van der Waals surface area contributed by atoms with E-state index in [9.17, 15) is 9.59 Å². The molecular formula is C48H78N4O7Si. The molecule has 3 N–H and O–H groups in total. The quantitative estimate of drug-likeness (QED) is 0.145. The second-order valence-electron chi connectivity index (χ2n) is 20.7. The topological polar surface area (TPSA) is 127 Å². The third kappa shape index (κ3) is 13.1. The maximum Gasteiger partial charge on any atom is 0.407 e. The van der Waals surface area contributed by atoms with Gasteiger partial charge in [0.2, 0.25) is 11.8 Å². The fourth-order valence-electron chi connectivity index (χ4n) is 8.73. The zero-order valence-electron chi connectivity index (χ0n) is 39.3. The molecule has 3 amide bonds. The van der Waals surface area contributed by atoms with Crippen LogP contribution in [0.4, 0.5) is 4.79 Å². The summed E-state index contributed by atoms with van der Waals surface area (Å²) in [5.41, 5.74) is 1.38. The molecule has 12 heteroatoms. The van der Waals surface area contributed by atoms with Crippen LogP contribution in [-0.2, 0) is 40.4 Å². The number of nitrogens with zero attached hydrogens (tertiary/aromatic N) is 1. The molecular weight excluding hydrogens is 773 g/mol. The van der Waals surface area contributed by atoms with Crippen molar-refractivity contribution in [3.63, 3.8) is 0 Å². The van der Waals surface area contributed by atoms with Gasteiger partial charge in [-0.3, -0.25) is 9.59 Å². The van der Waals surface area contributed by atoms with Gasteiger partial charge in [-0.15, -0.1) is 0 Å². The van der Waals surface area contributed by atoms with Gasteiger partial charge in [0, 0.05) is 36.0 Å². The molecule has 0 aliphatic carbocycles. The summed E-state index contributed by atoms with van der Waals surface area (Å²) in [7, 11) is 0.278. The molecule has 0 spiro atoms. The second kappa shape index (κ2) is 20.7. The zero-order chi connectivity index (χ0) is 44.6. The van der Waals surface area contributed by atoms with Crippen molar-refractivity contribution in [3.05, 3.63) is 71.3 Å². The minimum atomic E-state index is -1.68. The summed E-state index contributed by atoms with van der Waals surface area (Å²) in [6, 6.07) is 17.4. The predicted octanol–water partition coefficient (Wildman–Crippen LogP) is 8.13. The van der Waals surface area contributed by atoms with E-state index >= 15 is 4.79 Å². The number of likely N-dealkylation sites (tertiary alicyclic amines) is 1. The van der Waals surface area contributed by atoms with E-state index in [1.54, 1.807) is 0 Å². The second-order valence-corrected chi connectivity index (χ2v) is 23.0. The molecule has 1 unspecified atom stereocenters. The summed E-state index contributed by atoms with van der Waals surface area (Å²) in [6.45, 7) is 28.9. The molecule has 11 nitrogen and oxygen atoms in total. The number of ether oxygens (including phenoxy) is 3. The van der Waals surface area contributed by atoms with Crippen molar-refractivity contribution in [3.8, 4) is 0 Å². The Morgan fingerprint density at radius 1 is 0.867 bits per heavy atom. The molecule has 0 saturated carbocycles. The standard InChI is InChI=1S/C48H78N4O7Si/c1-32(2)39(43(54)52-26-24-37(49-12)25-27-52)50-42(53)35(30-33-20-22-36(23-21-33)48(46(6,7)8)56-28-29-57-48)31-38(45(3,4)5)40(51-44(55)58-47(9,10)11)41(59-60(13)14)34-18-16-15-17-19-34/h15-23,32,35,37-41,49,60H,24-31H2,1-14H3,(H,50,53)(H,51,55)/t35-,38+,39-,40-,41?/m0/s1. The predicted molar refractivity (Wildman–Crippen MR) is 242 cm³/mol. The number of hydrogen-bond donors (Lipinski definition) is 3. The number of benzene rings is 2. The van der Waals surface area contributed by atoms with Gasteiger partial charge in [0.05, 0.1) is 25.4 Å². The van der Waals surface area contributed by atoms with E-state index in [0.29, 0.717) is 45.2 Å². The normalized spacial score (nSPS) is 19.1. The van der Waals surface area contributed by atoms with Crippen molar-refractivity contribution in [2.45, 2.75) is 151 Å². The van der Waals surface area contributed by atoms with Gasteiger partial charge < -0.3 is 39.5 Å². The van der Waals surface area contributed by atoms with E-state index in [0.717, 1.165) is 29.5 Å². The number of nitrogens with one attached hydrogen (secondary N) is 3. The fourth-order valence-corrected chi connectivity index (χ4v) is 9.64. The lowest BCUT2D eigenvalue weighted by atomic mass is 9.69. The Balaban J connectivity index is 1.80. The fraction of sp³-hybridized carbons (Fsp3) is 0.688. The molecule has 336 valence electrons. The number of carbonyl (C=O) groups is 3. The van der Waals surface area contributed by atoms with Crippen LogP contribution in [0.3, 0.4) is 0 Å². The molecule has 0 radical (unpaired) electrons. The first-order chi connectivity index (χ1) is 28.0. The van der Waals surface area contributed by atoms with Crippen LogP contribution in [-0.4, -0.2) is 88.9 Å². The summed E-state index contributed by atoms with van der Waals surface area (Å²) in [5.74, 6) is -2.09. The smallest absolute Gasteiger partial charge is 0.407 e. The highest BCUT2D eigenvalue weighted by Crippen LogP contribution is 2.46. The van der Waals surface area contributed by atoms with Crippen LogP contribution in [0.2, 0.25) is 13.1 Å². The third-order valence-electron chi connectivity index (χ3n) is 12.0. The molecule has 2 fully saturated rings. The van der Waals surface area contributed by atoms with E-state index in [-0.39, 0.29) is 29.1 Å². The zero-order valence-corrected chi connectivity index (χ0v) is 40.4. The molecule has 2 aromatic rings. The largest absolute Gasteiger partial charge is 0.444 e. The highest BCUT2D eigenvalue weighted by Gasteiger charge is 2.49. The van der Waals surface area contributed by atoms with Crippen molar-refractivity contribution in [2.75, 3.05) is 33.4 Å². The number of rotatable bonds is 16. The van der Waals surface area contributed by atoms with Gasteiger partial charge in [0.15, 0.2) is 14.8 Å². The van der Waals surface area contributed by atoms with E-state index in [1.165, 1.54) is 0 Å². The molecule has 4 rings (SSSR count). The number of carbonyl (C=O) groups excluding carboxylic acids is 3. The van der Waals surface area contributed by atoms with Crippen molar-refractivity contribution in [1.82, 2.24) is 20.9 Å². The molecule has 5 atom stereocenters. The number of hydrogen-bond acceptors (Lipinski definition) is 8. The molecule has 2 aliphatic rings. The highest BCUT2D eigenvalue weighted by molar-refractivity contribution is 6.48. The number of piperidine rings is 1. The van der Waals surface area contributed by atoms with Crippen molar-refractivity contribution in [2.24, 2.45) is 28.6 Å². The summed E-state index contributed by atoms with van der Waals surface area (Å²) < 4.78 is 25.3. The van der Waals surface area contributed by atoms with Crippen LogP contribution in [0.5, 0.6) is 0 Å². The van der Waals surface area contributed by atoms with Gasteiger partial charge in [-0.2, -0.15) is 0 Å². The number of amides is 3. The molecule has 2 aromatic carbocycles. The Morgan fingerprint density at radius 3 is 1.93 bits per heavy atom. The molecule has 2 heterocycles. The molecule has 2 aliphatic heterocycles. The lowest BCUT2D eigenvalue weighted by Crippen LogP contribution is -2.56. The average molecular weight is 851 g/mol. The summed E-state index contributed by atoms with van der Waals surface area (Å²) in [4.78, 5) is 45.0. The Morgan fingerprint density at radius 2 is 1.45 bits per heavy atom. The maximum absolute atomic E-state index is 15.1. The first kappa shape index (κ1) is 49.4. The van der Waals surface area contributed by atoms with Gasteiger partial charge in [0.25, 0.3) is 0 Å². The minimum absolute atomic E-state index is 0.0451. The van der Waals surface area contributed by atoms with Crippen LogP contribution in [0.1, 0.15) is 118 Å². The van der Waals surface area contributed by atoms with E-state index in [4.69, 9.17) is 18.6 Å². The van der Waals surface area contributed by atoms with Gasteiger partial charge in [-0.25, -0.2) is 4.79 Å². The van der Waals surface area contributed by atoms with Gasteiger partial charge in [-0.1, -0.05) is 110 Å². The Kier molecular flexibility index (Phi) is 17.0. The summed E-state index contributed by atoms with van der Waals surface area (Å²) in [6.07, 6.45) is 1.51. The van der Waals surface area contributed by atoms with E-state index < -0.39 is 56.0 Å². The SMILES string of the molecule is CNC1CCN(C(=O)[C@@H](NC(=O)[C@@H](Cc2ccc(C3(C(C)(C)C)OCCO3)cc2)C[C@H]([C@H](NC(=O)OC(C)(C)C)C(O[SiH](C)C)c2ccccc2)C(C)(C)C)C(C)C)CC1. The maximum atomic E-state index is 15.1. The van der Waals surface area contributed by atoms with Crippen LogP contribution in [0, 0.1) is 28.6 Å². The summed E-state index contributed by atoms with van der Waals surface area (Å²) >= 11 is 0. The molecule has 0 aromatic heterocycles. The number of alkyl carbamates (subject to hydrolysis) is 1. The van der Waals surface area contributed by atoms with Gasteiger partial charge >= 0.3 is 6.09 Å². The van der Waals surface area contributed by atoms with E-state index in [1.807, 2.05) is 76.9 Å². The van der Waals surface area contributed by atoms with Crippen LogP contribution in [0.15, 0.2) is 54.6 Å². The van der Waals surface area contributed by atoms with Crippen LogP contribution in [0.25, 0.3) is 0 Å². The van der Waals surface area contributed by atoms with Crippen molar-refractivity contribution >= 4 is 26.9 Å². The first-order valence-corrected chi connectivity index (χ1v) is 25.1. The third-order valence-corrected chi connectivity index (χ3v) is 12.8. The Bertz CT molecular complexity index is 1670. The van der Waals surface area contributed by atoms with Crippen molar-refractivity contribution < 1.29 is 33.0 Å². The molecule has 60 heavy (non-hydrogen) atoms. The average Bonchev–Trinajstić information content (AvgIpc) is 3.68. The van der Waals surface area contributed by atoms with Crippen LogP contribution < -0.4 is 16.0 Å². The Hall–Kier alpha value is -3.29. The van der Waals surface area contributed by atoms with Crippen molar-refractivity contribution in [1.29, 1.82) is 0 Å². The lowest BCUT2D eigenvalue weighted by molar-refractivity contribution is -0.232. The molecule has 2 saturated heterocycles.